The molecule has 1 aromatic heterocycles. The van der Waals surface area contributed by atoms with Crippen LogP contribution in [0.2, 0.25) is 5.02 Å². The van der Waals surface area contributed by atoms with Crippen molar-refractivity contribution in [1.82, 2.24) is 10.2 Å². The van der Waals surface area contributed by atoms with Gasteiger partial charge in [-0.15, -0.1) is 0 Å². The van der Waals surface area contributed by atoms with Crippen LogP contribution in [0.4, 0.5) is 11.4 Å². The van der Waals surface area contributed by atoms with Crippen LogP contribution in [-0.2, 0) is 4.79 Å². The lowest BCUT2D eigenvalue weighted by atomic mass is 10.2. The first-order valence-electron chi connectivity index (χ1n) is 8.58. The van der Waals surface area contributed by atoms with E-state index in [9.17, 15) is 4.79 Å². The van der Waals surface area contributed by atoms with E-state index in [-0.39, 0.29) is 11.0 Å². The Bertz CT molecular complexity index is 830. The molecule has 6 nitrogen and oxygen atoms in total. The number of nitrogens with zero attached hydrogens (tertiary/aromatic N) is 2. The third-order valence-electron chi connectivity index (χ3n) is 4.23. The van der Waals surface area contributed by atoms with Gasteiger partial charge in [-0.2, -0.15) is 0 Å². The zero-order chi connectivity index (χ0) is 19.2. The second-order valence-corrected chi connectivity index (χ2v) is 7.06. The number of carbonyl (C=O) groups excluding carboxylic acids is 1. The fourth-order valence-corrected chi connectivity index (χ4v) is 3.27. The quantitative estimate of drug-likeness (QED) is 0.602. The minimum Gasteiger partial charge on any atom is -0.465 e. The molecule has 27 heavy (non-hydrogen) atoms. The molecule has 0 aliphatic carbocycles. The minimum atomic E-state index is -0.343. The molecule has 1 saturated heterocycles. The van der Waals surface area contributed by atoms with E-state index in [0.29, 0.717) is 10.8 Å². The molecule has 1 aromatic carbocycles. The van der Waals surface area contributed by atoms with Crippen LogP contribution in [0.25, 0.3) is 6.08 Å². The van der Waals surface area contributed by atoms with Gasteiger partial charge in [-0.05, 0) is 55.7 Å². The number of benzene rings is 1. The second kappa shape index (κ2) is 9.03. The maximum atomic E-state index is 11.9. The molecule has 1 amide bonds. The SMILES string of the molecule is CN1CCN(c2ccc(NC(=S)NC(=O)/C=C/c3ccco3)cc2Cl)CC1. The van der Waals surface area contributed by atoms with Gasteiger partial charge in [0.15, 0.2) is 5.11 Å². The fraction of sp³-hybridized carbons (Fsp3) is 0.263. The van der Waals surface area contributed by atoms with Gasteiger partial charge in [-0.25, -0.2) is 0 Å². The molecule has 0 bridgehead atoms. The van der Waals surface area contributed by atoms with Crippen molar-refractivity contribution < 1.29 is 9.21 Å². The molecule has 0 atom stereocenters. The molecule has 0 unspecified atom stereocenters. The number of furan rings is 1. The average molecular weight is 405 g/mol. The molecule has 3 rings (SSSR count). The van der Waals surface area contributed by atoms with Crippen molar-refractivity contribution in [3.8, 4) is 0 Å². The topological polar surface area (TPSA) is 60.8 Å². The summed E-state index contributed by atoms with van der Waals surface area (Å²) in [5, 5.41) is 6.41. The summed E-state index contributed by atoms with van der Waals surface area (Å²) >= 11 is 11.6. The van der Waals surface area contributed by atoms with Gasteiger partial charge in [0.25, 0.3) is 0 Å². The first-order chi connectivity index (χ1) is 13.0. The molecule has 0 radical (unpaired) electrons. The van der Waals surface area contributed by atoms with Gasteiger partial charge >= 0.3 is 0 Å². The monoisotopic (exact) mass is 404 g/mol. The van der Waals surface area contributed by atoms with Gasteiger partial charge in [0.2, 0.25) is 5.91 Å². The number of likely N-dealkylation sites (N-methyl/N-ethyl adjacent to an activating group) is 1. The first kappa shape index (κ1) is 19.4. The van der Waals surface area contributed by atoms with Gasteiger partial charge in [0.05, 0.1) is 17.0 Å². The molecule has 142 valence electrons. The number of hydrogen-bond acceptors (Lipinski definition) is 5. The van der Waals surface area contributed by atoms with Crippen LogP contribution < -0.4 is 15.5 Å². The third-order valence-corrected chi connectivity index (χ3v) is 4.74. The third kappa shape index (κ3) is 5.56. The van der Waals surface area contributed by atoms with Gasteiger partial charge in [0.1, 0.15) is 5.76 Å². The number of amides is 1. The molecular weight excluding hydrogens is 384 g/mol. The smallest absolute Gasteiger partial charge is 0.250 e. The van der Waals surface area contributed by atoms with Crippen LogP contribution >= 0.6 is 23.8 Å². The van der Waals surface area contributed by atoms with Crippen molar-refractivity contribution in [1.29, 1.82) is 0 Å². The highest BCUT2D eigenvalue weighted by molar-refractivity contribution is 7.80. The predicted molar refractivity (Wildman–Crippen MR) is 113 cm³/mol. The Kier molecular flexibility index (Phi) is 6.49. The molecular formula is C19H21ClN4O2S. The summed E-state index contributed by atoms with van der Waals surface area (Å²) in [7, 11) is 2.12. The lowest BCUT2D eigenvalue weighted by molar-refractivity contribution is -0.115. The normalized spacial score (nSPS) is 15.1. The summed E-state index contributed by atoms with van der Waals surface area (Å²) in [5.74, 6) is 0.249. The maximum absolute atomic E-state index is 11.9. The van der Waals surface area contributed by atoms with E-state index in [4.69, 9.17) is 28.2 Å². The fourth-order valence-electron chi connectivity index (χ4n) is 2.75. The average Bonchev–Trinajstić information content (AvgIpc) is 3.15. The minimum absolute atomic E-state index is 0.201. The molecule has 1 aliphatic rings. The molecule has 2 heterocycles. The zero-order valence-electron chi connectivity index (χ0n) is 14.9. The van der Waals surface area contributed by atoms with E-state index in [1.807, 2.05) is 18.2 Å². The van der Waals surface area contributed by atoms with Crippen LogP contribution in [0.15, 0.2) is 47.1 Å². The standard InChI is InChI=1S/C19H21ClN4O2S/c1-23-8-10-24(11-9-23)17-6-4-14(13-16(17)20)21-19(27)22-18(25)7-5-15-3-2-12-26-15/h2-7,12-13H,8-11H2,1H3,(H2,21,22,25,27)/b7-5+. The lowest BCUT2D eigenvalue weighted by Gasteiger charge is -2.34. The largest absolute Gasteiger partial charge is 0.465 e. The van der Waals surface area contributed by atoms with E-state index < -0.39 is 0 Å². The molecule has 1 fully saturated rings. The van der Waals surface area contributed by atoms with E-state index in [0.717, 1.165) is 37.6 Å². The molecule has 2 aromatic rings. The number of anilines is 2. The summed E-state index contributed by atoms with van der Waals surface area (Å²) in [4.78, 5) is 16.5. The summed E-state index contributed by atoms with van der Waals surface area (Å²) < 4.78 is 5.13. The predicted octanol–water partition coefficient (Wildman–Crippen LogP) is 3.21. The Morgan fingerprint density at radius 1 is 1.26 bits per heavy atom. The van der Waals surface area contributed by atoms with Crippen molar-refractivity contribution in [2.75, 3.05) is 43.4 Å². The number of halogens is 1. The number of carbonyl (C=O) groups is 1. The van der Waals surface area contributed by atoms with E-state index in [1.165, 1.54) is 6.08 Å². The van der Waals surface area contributed by atoms with Crippen molar-refractivity contribution in [3.05, 3.63) is 53.5 Å². The first-order valence-corrected chi connectivity index (χ1v) is 9.36. The Morgan fingerprint density at radius 3 is 2.70 bits per heavy atom. The molecule has 1 aliphatic heterocycles. The van der Waals surface area contributed by atoms with Crippen LogP contribution in [0, 0.1) is 0 Å². The number of thiocarbonyl (C=S) groups is 1. The Hall–Kier alpha value is -2.35. The summed E-state index contributed by atoms with van der Waals surface area (Å²) in [6.07, 6.45) is 4.47. The highest BCUT2D eigenvalue weighted by Gasteiger charge is 2.16. The summed E-state index contributed by atoms with van der Waals surface area (Å²) in [6, 6.07) is 9.18. The van der Waals surface area contributed by atoms with Crippen molar-refractivity contribution in [3.63, 3.8) is 0 Å². The molecule has 0 saturated carbocycles. The van der Waals surface area contributed by atoms with Gasteiger partial charge in [-0.3, -0.25) is 10.1 Å². The number of hydrogen-bond donors (Lipinski definition) is 2. The Labute approximate surface area is 168 Å². The molecule has 8 heteroatoms. The zero-order valence-corrected chi connectivity index (χ0v) is 16.5. The van der Waals surface area contributed by atoms with Gasteiger partial charge in [0, 0.05) is 37.9 Å². The summed E-state index contributed by atoms with van der Waals surface area (Å²) in [6.45, 7) is 3.91. The van der Waals surface area contributed by atoms with Crippen LogP contribution in [-0.4, -0.2) is 49.1 Å². The number of rotatable bonds is 4. The maximum Gasteiger partial charge on any atom is 0.250 e. The number of nitrogens with one attached hydrogen (secondary N) is 2. The highest BCUT2D eigenvalue weighted by Crippen LogP contribution is 2.29. The molecule has 0 spiro atoms. The van der Waals surface area contributed by atoms with E-state index in [1.54, 1.807) is 24.5 Å². The van der Waals surface area contributed by atoms with E-state index in [2.05, 4.69) is 27.5 Å². The van der Waals surface area contributed by atoms with Gasteiger partial charge < -0.3 is 19.5 Å². The van der Waals surface area contributed by atoms with Crippen LogP contribution in [0.1, 0.15) is 5.76 Å². The highest BCUT2D eigenvalue weighted by atomic mass is 35.5. The Morgan fingerprint density at radius 2 is 2.04 bits per heavy atom. The van der Waals surface area contributed by atoms with Crippen molar-refractivity contribution in [2.24, 2.45) is 0 Å². The van der Waals surface area contributed by atoms with Gasteiger partial charge in [-0.1, -0.05) is 11.6 Å². The van der Waals surface area contributed by atoms with Crippen molar-refractivity contribution >= 4 is 52.3 Å². The second-order valence-electron chi connectivity index (χ2n) is 6.25. The van der Waals surface area contributed by atoms with Crippen LogP contribution in [0.5, 0.6) is 0 Å². The lowest BCUT2D eigenvalue weighted by Crippen LogP contribution is -2.44. The van der Waals surface area contributed by atoms with Crippen LogP contribution in [0.3, 0.4) is 0 Å². The number of piperazine rings is 1. The summed E-state index contributed by atoms with van der Waals surface area (Å²) in [5.41, 5.74) is 1.73. The van der Waals surface area contributed by atoms with E-state index >= 15 is 0 Å². The molecule has 2 N–H and O–H groups in total. The Balaban J connectivity index is 1.55. The van der Waals surface area contributed by atoms with Crippen molar-refractivity contribution in [2.45, 2.75) is 0 Å².